The van der Waals surface area contributed by atoms with Crippen LogP contribution in [0.3, 0.4) is 0 Å². The summed E-state index contributed by atoms with van der Waals surface area (Å²) in [6.45, 7) is -0.958. The van der Waals surface area contributed by atoms with E-state index in [2.05, 4.69) is 15.9 Å². The van der Waals surface area contributed by atoms with Crippen molar-refractivity contribution in [2.24, 2.45) is 0 Å². The lowest BCUT2D eigenvalue weighted by molar-refractivity contribution is 0.0463. The Morgan fingerprint density at radius 2 is 1.42 bits per heavy atom. The molecule has 0 aromatic rings. The molecule has 0 aliphatic carbocycles. The van der Waals surface area contributed by atoms with Crippen LogP contribution in [0.5, 0.6) is 0 Å². The Balaban J connectivity index is 3.69. The Morgan fingerprint density at radius 3 is 1.67 bits per heavy atom. The third-order valence-electron chi connectivity index (χ3n) is 1.19. The van der Waals surface area contributed by atoms with E-state index >= 15 is 0 Å². The second-order valence-corrected chi connectivity index (χ2v) is 3.02. The fraction of sp³-hybridized carbons (Fsp3) is 1.00. The van der Waals surface area contributed by atoms with E-state index in [1.54, 1.807) is 0 Å². The normalized spacial score (nSPS) is 12.0. The predicted octanol–water partition coefficient (Wildman–Crippen LogP) is 2.21. The smallest absolute Gasteiger partial charge is 0.251 e. The summed E-state index contributed by atoms with van der Waals surface area (Å²) in [7, 11) is 0. The van der Waals surface area contributed by atoms with Crippen LogP contribution < -0.4 is 0 Å². The first-order valence-corrected chi connectivity index (χ1v) is 4.53. The number of alkyl halides is 5. The Labute approximate surface area is 76.9 Å². The van der Waals surface area contributed by atoms with Crippen LogP contribution >= 0.6 is 15.9 Å². The first kappa shape index (κ1) is 12.2. The van der Waals surface area contributed by atoms with Crippen LogP contribution in [-0.4, -0.2) is 42.7 Å². The Morgan fingerprint density at radius 1 is 1.00 bits per heavy atom. The fourth-order valence-corrected chi connectivity index (χ4v) is 1.27. The average molecular weight is 252 g/mol. The van der Waals surface area contributed by atoms with Gasteiger partial charge in [0.15, 0.2) is 0 Å². The lowest BCUT2D eigenvalue weighted by atomic mass is 10.4. The lowest BCUT2D eigenvalue weighted by Gasteiger charge is -2.19. The minimum atomic E-state index is -2.55. The van der Waals surface area contributed by atoms with E-state index in [4.69, 9.17) is 0 Å². The highest BCUT2D eigenvalue weighted by Crippen LogP contribution is 2.03. The Kier molecular flexibility index (Phi) is 6.74. The van der Waals surface area contributed by atoms with Gasteiger partial charge in [0.05, 0.1) is 13.1 Å². The van der Waals surface area contributed by atoms with Gasteiger partial charge in [-0.1, -0.05) is 15.9 Å². The van der Waals surface area contributed by atoms with E-state index in [1.807, 2.05) is 0 Å². The third kappa shape index (κ3) is 6.84. The van der Waals surface area contributed by atoms with Crippen molar-refractivity contribution in [3.8, 4) is 0 Å². The molecule has 0 radical (unpaired) electrons. The van der Waals surface area contributed by atoms with Crippen molar-refractivity contribution < 1.29 is 17.6 Å². The molecule has 0 saturated heterocycles. The molecule has 0 atom stereocenters. The van der Waals surface area contributed by atoms with Crippen molar-refractivity contribution in [3.63, 3.8) is 0 Å². The molecule has 0 unspecified atom stereocenters. The molecule has 0 aliphatic heterocycles. The summed E-state index contributed by atoms with van der Waals surface area (Å²) >= 11 is 3.00. The molecule has 0 rings (SSSR count). The van der Waals surface area contributed by atoms with Crippen LogP contribution in [0.25, 0.3) is 0 Å². The SMILES string of the molecule is FC(F)CN(CCBr)CC(F)F. The molecule has 12 heavy (non-hydrogen) atoms. The van der Waals surface area contributed by atoms with Crippen molar-refractivity contribution in [1.29, 1.82) is 0 Å². The molecule has 74 valence electrons. The number of halogens is 5. The Hall–Kier alpha value is 0.160. The highest BCUT2D eigenvalue weighted by molar-refractivity contribution is 9.09. The van der Waals surface area contributed by atoms with Crippen molar-refractivity contribution in [1.82, 2.24) is 4.90 Å². The van der Waals surface area contributed by atoms with Crippen molar-refractivity contribution >= 4 is 15.9 Å². The third-order valence-corrected chi connectivity index (χ3v) is 1.55. The zero-order valence-corrected chi connectivity index (χ0v) is 7.91. The van der Waals surface area contributed by atoms with E-state index in [0.717, 1.165) is 4.90 Å². The molecular weight excluding hydrogens is 242 g/mol. The van der Waals surface area contributed by atoms with E-state index in [0.29, 0.717) is 5.33 Å². The van der Waals surface area contributed by atoms with E-state index in [-0.39, 0.29) is 6.54 Å². The van der Waals surface area contributed by atoms with Gasteiger partial charge in [0.2, 0.25) is 0 Å². The first-order chi connectivity index (χ1) is 5.56. The van der Waals surface area contributed by atoms with Gasteiger partial charge in [-0.15, -0.1) is 0 Å². The molecule has 0 spiro atoms. The quantitative estimate of drug-likeness (QED) is 0.517. The molecule has 6 heteroatoms. The summed E-state index contributed by atoms with van der Waals surface area (Å²) in [5.74, 6) is 0. The number of rotatable bonds is 6. The molecule has 0 heterocycles. The van der Waals surface area contributed by atoms with Crippen molar-refractivity contribution in [2.45, 2.75) is 12.9 Å². The molecule has 0 amide bonds. The van der Waals surface area contributed by atoms with Crippen molar-refractivity contribution in [2.75, 3.05) is 25.0 Å². The monoisotopic (exact) mass is 251 g/mol. The molecule has 0 aromatic heterocycles. The summed E-state index contributed by atoms with van der Waals surface area (Å²) in [6, 6.07) is 0. The highest BCUT2D eigenvalue weighted by Gasteiger charge is 2.15. The van der Waals surface area contributed by atoms with Crippen molar-refractivity contribution in [3.05, 3.63) is 0 Å². The molecule has 0 fully saturated rings. The summed E-state index contributed by atoms with van der Waals surface area (Å²) < 4.78 is 47.0. The molecule has 0 N–H and O–H groups in total. The van der Waals surface area contributed by atoms with Gasteiger partial charge in [0.1, 0.15) is 0 Å². The number of hydrogen-bond acceptors (Lipinski definition) is 1. The van der Waals surface area contributed by atoms with Gasteiger partial charge in [0.25, 0.3) is 12.9 Å². The first-order valence-electron chi connectivity index (χ1n) is 3.41. The van der Waals surface area contributed by atoms with Gasteiger partial charge in [-0.25, -0.2) is 17.6 Å². The summed E-state index contributed by atoms with van der Waals surface area (Å²) in [4.78, 5) is 1.03. The molecular formula is C6H10BrF4N. The molecule has 0 aliphatic rings. The number of hydrogen-bond donors (Lipinski definition) is 0. The van der Waals surface area contributed by atoms with Gasteiger partial charge in [0, 0.05) is 11.9 Å². The minimum absolute atomic E-state index is 0.217. The van der Waals surface area contributed by atoms with Crippen LogP contribution in [0.4, 0.5) is 17.6 Å². The topological polar surface area (TPSA) is 3.24 Å². The van der Waals surface area contributed by atoms with Gasteiger partial charge >= 0.3 is 0 Å². The summed E-state index contributed by atoms with van der Waals surface area (Å²) in [5, 5.41) is 0.423. The average Bonchev–Trinajstić information content (AvgIpc) is 1.84. The zero-order valence-electron chi connectivity index (χ0n) is 6.32. The predicted molar refractivity (Wildman–Crippen MR) is 42.2 cm³/mol. The van der Waals surface area contributed by atoms with E-state index in [9.17, 15) is 17.6 Å². The standard InChI is InChI=1S/C6H10BrF4N/c7-1-2-12(3-5(8)9)4-6(10)11/h5-6H,1-4H2. The maximum atomic E-state index is 11.8. The second-order valence-electron chi connectivity index (χ2n) is 2.23. The summed E-state index contributed by atoms with van der Waals surface area (Å²) in [5.41, 5.74) is 0. The molecule has 0 saturated carbocycles. The fourth-order valence-electron chi connectivity index (χ4n) is 0.767. The molecule has 0 aromatic carbocycles. The second kappa shape index (κ2) is 6.65. The number of nitrogens with zero attached hydrogens (tertiary/aromatic N) is 1. The highest BCUT2D eigenvalue weighted by atomic mass is 79.9. The van der Waals surface area contributed by atoms with Crippen LogP contribution in [0.2, 0.25) is 0 Å². The molecule has 0 bridgehead atoms. The van der Waals surface area contributed by atoms with Crippen LogP contribution in [0, 0.1) is 0 Å². The minimum Gasteiger partial charge on any atom is -0.291 e. The van der Waals surface area contributed by atoms with E-state index in [1.165, 1.54) is 0 Å². The van der Waals surface area contributed by atoms with Gasteiger partial charge in [-0.3, -0.25) is 4.90 Å². The molecule has 1 nitrogen and oxygen atoms in total. The lowest BCUT2D eigenvalue weighted by Crippen LogP contribution is -2.34. The van der Waals surface area contributed by atoms with E-state index < -0.39 is 25.9 Å². The van der Waals surface area contributed by atoms with Crippen LogP contribution in [-0.2, 0) is 0 Å². The van der Waals surface area contributed by atoms with Gasteiger partial charge in [-0.2, -0.15) is 0 Å². The maximum Gasteiger partial charge on any atom is 0.251 e. The van der Waals surface area contributed by atoms with Gasteiger partial charge in [-0.05, 0) is 0 Å². The zero-order chi connectivity index (χ0) is 9.56. The van der Waals surface area contributed by atoms with Crippen LogP contribution in [0.15, 0.2) is 0 Å². The Bertz CT molecular complexity index is 102. The summed E-state index contributed by atoms with van der Waals surface area (Å²) in [6.07, 6.45) is -5.11. The largest absolute Gasteiger partial charge is 0.291 e. The van der Waals surface area contributed by atoms with Crippen LogP contribution in [0.1, 0.15) is 0 Å². The van der Waals surface area contributed by atoms with Gasteiger partial charge < -0.3 is 0 Å². The maximum absolute atomic E-state index is 11.8.